The normalized spacial score (nSPS) is 45.2. The quantitative estimate of drug-likeness (QED) is 0.803. The molecule has 0 aromatic carbocycles. The number of halogens is 1. The highest BCUT2D eigenvalue weighted by Gasteiger charge is 2.49. The molecule has 4 aliphatic carbocycles. The van der Waals surface area contributed by atoms with Crippen molar-refractivity contribution < 1.29 is 0 Å². The van der Waals surface area contributed by atoms with E-state index in [1.165, 1.54) is 37.8 Å². The van der Waals surface area contributed by atoms with Gasteiger partial charge in [0.15, 0.2) is 5.17 Å². The predicted octanol–water partition coefficient (Wildman–Crippen LogP) is 3.05. The lowest BCUT2D eigenvalue weighted by atomic mass is 9.51. The monoisotopic (exact) mass is 329 g/mol. The Kier molecular flexibility index (Phi) is 3.47. The minimum Gasteiger partial charge on any atom is -0.377 e. The second-order valence-corrected chi connectivity index (χ2v) is 7.27. The van der Waals surface area contributed by atoms with Gasteiger partial charge in [-0.1, -0.05) is 11.8 Å². The first kappa shape index (κ1) is 13.0. The van der Waals surface area contributed by atoms with Crippen LogP contribution in [0.2, 0.25) is 0 Å². The molecule has 100 valence electrons. The molecule has 5 aliphatic rings. The lowest BCUT2D eigenvalue weighted by molar-refractivity contribution is -0.00840. The van der Waals surface area contributed by atoms with Gasteiger partial charge in [-0.15, -0.1) is 22.1 Å². The van der Waals surface area contributed by atoms with Crippen molar-refractivity contribution in [2.24, 2.45) is 45.5 Å². The summed E-state index contributed by atoms with van der Waals surface area (Å²) in [4.78, 5) is 0. The first-order valence-corrected chi connectivity index (χ1v) is 7.81. The summed E-state index contributed by atoms with van der Waals surface area (Å²) in [7, 11) is 0. The molecule has 3 nitrogen and oxygen atoms in total. The smallest absolute Gasteiger partial charge is 0.180 e. The fraction of sp³-hybridized carbons (Fsp3) is 0.846. The number of thioether (sulfide) groups is 1. The van der Waals surface area contributed by atoms with Crippen molar-refractivity contribution in [3.63, 3.8) is 0 Å². The Hall–Kier alpha value is -0.0300. The molecule has 0 atom stereocenters. The maximum absolute atomic E-state index is 5.68. The van der Waals surface area contributed by atoms with Gasteiger partial charge in [-0.25, -0.2) is 0 Å². The highest BCUT2D eigenvalue weighted by Crippen LogP contribution is 2.57. The Morgan fingerprint density at radius 2 is 1.56 bits per heavy atom. The van der Waals surface area contributed by atoms with Crippen molar-refractivity contribution in [1.82, 2.24) is 0 Å². The zero-order valence-corrected chi connectivity index (χ0v) is 12.9. The first-order valence-electron chi connectivity index (χ1n) is 6.82. The summed E-state index contributed by atoms with van der Waals surface area (Å²) >= 11 is 1.67. The van der Waals surface area contributed by atoms with Crippen LogP contribution in [0.1, 0.15) is 32.1 Å². The number of hydrogen-bond donors (Lipinski definition) is 1. The van der Waals surface area contributed by atoms with Gasteiger partial charge in [0, 0.05) is 11.7 Å². The number of nitrogens with two attached hydrogens (primary N) is 1. The van der Waals surface area contributed by atoms with Crippen LogP contribution in [0, 0.1) is 29.6 Å². The fourth-order valence-electron chi connectivity index (χ4n) is 4.95. The molecule has 4 fully saturated rings. The van der Waals surface area contributed by atoms with Crippen LogP contribution in [0.3, 0.4) is 0 Å². The molecule has 1 heterocycles. The first-order chi connectivity index (χ1) is 8.29. The highest BCUT2D eigenvalue weighted by atomic mass is 79.9. The second-order valence-electron chi connectivity index (χ2n) is 6.27. The molecule has 1 aliphatic heterocycles. The standard InChI is InChI=1S/C13H19N3S.BrH/c14-13-16-15-11(6-17-13)12-9-2-7-1-8(4-9)5-10(12)3-7;/h7-10,12H,1-6H2,(H2,14,16);1H. The van der Waals surface area contributed by atoms with E-state index >= 15 is 0 Å². The summed E-state index contributed by atoms with van der Waals surface area (Å²) in [6.07, 6.45) is 7.36. The van der Waals surface area contributed by atoms with Crippen LogP contribution in [0.15, 0.2) is 10.2 Å². The van der Waals surface area contributed by atoms with E-state index in [0.29, 0.717) is 5.17 Å². The average molecular weight is 330 g/mol. The predicted molar refractivity (Wildman–Crippen MR) is 82.4 cm³/mol. The van der Waals surface area contributed by atoms with E-state index in [1.54, 1.807) is 11.8 Å². The largest absolute Gasteiger partial charge is 0.377 e. The third-order valence-electron chi connectivity index (χ3n) is 5.26. The summed E-state index contributed by atoms with van der Waals surface area (Å²) in [6, 6.07) is 0. The average Bonchev–Trinajstić information content (AvgIpc) is 2.30. The Morgan fingerprint density at radius 1 is 0.944 bits per heavy atom. The Balaban J connectivity index is 0.000001000. The van der Waals surface area contributed by atoms with Gasteiger partial charge in [0.05, 0.1) is 5.71 Å². The zero-order chi connectivity index (χ0) is 11.4. The van der Waals surface area contributed by atoms with Crippen molar-refractivity contribution in [2.45, 2.75) is 32.1 Å². The summed E-state index contributed by atoms with van der Waals surface area (Å²) in [5.74, 6) is 5.65. The topological polar surface area (TPSA) is 50.7 Å². The van der Waals surface area contributed by atoms with E-state index in [9.17, 15) is 0 Å². The maximum Gasteiger partial charge on any atom is 0.180 e. The molecule has 4 bridgehead atoms. The SMILES string of the molecule is Br.NC1=NN=C(C2C3CC4CC(C3)CC2C4)CS1. The molecule has 0 saturated heterocycles. The molecule has 2 N–H and O–H groups in total. The van der Waals surface area contributed by atoms with Crippen LogP contribution in [-0.4, -0.2) is 16.6 Å². The lowest BCUT2D eigenvalue weighted by Gasteiger charge is -2.54. The molecule has 0 amide bonds. The van der Waals surface area contributed by atoms with Crippen LogP contribution in [0.25, 0.3) is 0 Å². The number of rotatable bonds is 1. The minimum atomic E-state index is 0. The van der Waals surface area contributed by atoms with Crippen LogP contribution in [0.4, 0.5) is 0 Å². The van der Waals surface area contributed by atoms with Gasteiger partial charge < -0.3 is 5.73 Å². The molecule has 0 radical (unpaired) electrons. The van der Waals surface area contributed by atoms with E-state index < -0.39 is 0 Å². The van der Waals surface area contributed by atoms with Crippen LogP contribution in [0.5, 0.6) is 0 Å². The maximum atomic E-state index is 5.68. The number of amidine groups is 1. The van der Waals surface area contributed by atoms with E-state index in [4.69, 9.17) is 5.73 Å². The molecule has 5 rings (SSSR count). The van der Waals surface area contributed by atoms with E-state index in [2.05, 4.69) is 10.2 Å². The van der Waals surface area contributed by atoms with Crippen molar-refractivity contribution in [3.05, 3.63) is 0 Å². The zero-order valence-electron chi connectivity index (χ0n) is 10.4. The van der Waals surface area contributed by atoms with Gasteiger partial charge in [-0.3, -0.25) is 0 Å². The van der Waals surface area contributed by atoms with Crippen molar-refractivity contribution >= 4 is 39.6 Å². The third-order valence-corrected chi connectivity index (χ3v) is 6.07. The van der Waals surface area contributed by atoms with Crippen LogP contribution < -0.4 is 5.73 Å². The summed E-state index contributed by atoms with van der Waals surface area (Å²) < 4.78 is 0. The molecule has 0 spiro atoms. The summed E-state index contributed by atoms with van der Waals surface area (Å²) in [5.41, 5.74) is 7.02. The van der Waals surface area contributed by atoms with Gasteiger partial charge >= 0.3 is 0 Å². The van der Waals surface area contributed by atoms with Gasteiger partial charge in [0.25, 0.3) is 0 Å². The molecular formula is C13H20BrN3S. The van der Waals surface area contributed by atoms with Gasteiger partial charge in [-0.05, 0) is 55.8 Å². The van der Waals surface area contributed by atoms with E-state index in [1.807, 2.05) is 0 Å². The van der Waals surface area contributed by atoms with Crippen molar-refractivity contribution in [2.75, 3.05) is 5.75 Å². The molecular weight excluding hydrogens is 310 g/mol. The van der Waals surface area contributed by atoms with Crippen molar-refractivity contribution in [3.8, 4) is 0 Å². The molecule has 0 aromatic heterocycles. The molecule has 4 saturated carbocycles. The number of hydrogen-bond acceptors (Lipinski definition) is 4. The minimum absolute atomic E-state index is 0. The number of nitrogens with zero attached hydrogens (tertiary/aromatic N) is 2. The Morgan fingerprint density at radius 3 is 2.06 bits per heavy atom. The second kappa shape index (κ2) is 4.82. The van der Waals surface area contributed by atoms with Gasteiger partial charge in [-0.2, -0.15) is 5.10 Å². The van der Waals surface area contributed by atoms with E-state index in [0.717, 1.165) is 35.3 Å². The van der Waals surface area contributed by atoms with Crippen LogP contribution >= 0.6 is 28.7 Å². The highest BCUT2D eigenvalue weighted by molar-refractivity contribution is 8.93. The summed E-state index contributed by atoms with van der Waals surface area (Å²) in [6.45, 7) is 0. The lowest BCUT2D eigenvalue weighted by Crippen LogP contribution is -2.48. The van der Waals surface area contributed by atoms with Gasteiger partial charge in [0.1, 0.15) is 0 Å². The third kappa shape index (κ3) is 2.03. The Labute approximate surface area is 123 Å². The van der Waals surface area contributed by atoms with E-state index in [-0.39, 0.29) is 17.0 Å². The van der Waals surface area contributed by atoms with Gasteiger partial charge in [0.2, 0.25) is 0 Å². The van der Waals surface area contributed by atoms with Crippen LogP contribution in [-0.2, 0) is 0 Å². The molecule has 18 heavy (non-hydrogen) atoms. The fourth-order valence-corrected chi connectivity index (χ4v) is 5.60. The molecule has 5 heteroatoms. The Bertz CT molecular complexity index is 379. The molecule has 0 unspecified atom stereocenters. The van der Waals surface area contributed by atoms with Crippen molar-refractivity contribution in [1.29, 1.82) is 0 Å². The summed E-state index contributed by atoms with van der Waals surface area (Å²) in [5, 5.41) is 9.14. The molecule has 0 aromatic rings.